The first-order chi connectivity index (χ1) is 14.6. The first-order valence-corrected chi connectivity index (χ1v) is 10.8. The molecule has 4 heterocycles. The number of aromatic amines is 1. The number of hydrogen-bond donors (Lipinski definition) is 1. The van der Waals surface area contributed by atoms with E-state index in [2.05, 4.69) is 10.1 Å². The third-order valence-corrected chi connectivity index (χ3v) is 6.39. The lowest BCUT2D eigenvalue weighted by Crippen LogP contribution is -2.41. The minimum atomic E-state index is -0.206. The van der Waals surface area contributed by atoms with E-state index >= 15 is 0 Å². The molecule has 0 aromatic carbocycles. The van der Waals surface area contributed by atoms with Crippen LogP contribution in [0.1, 0.15) is 66.2 Å². The molecule has 0 radical (unpaired) electrons. The summed E-state index contributed by atoms with van der Waals surface area (Å²) in [7, 11) is 0. The first kappa shape index (κ1) is 19.0. The molecular formula is C21H26N6O3. The smallest absolute Gasteiger partial charge is 0.272 e. The molecule has 9 heteroatoms. The largest absolute Gasteiger partial charge is 0.332 e. The fraction of sp³-hybridized carbons (Fsp3) is 0.571. The van der Waals surface area contributed by atoms with Gasteiger partial charge in [0.15, 0.2) is 0 Å². The van der Waals surface area contributed by atoms with E-state index in [9.17, 15) is 14.4 Å². The minimum Gasteiger partial charge on any atom is -0.332 e. The molecule has 1 aliphatic carbocycles. The van der Waals surface area contributed by atoms with Gasteiger partial charge in [0.2, 0.25) is 5.91 Å². The fourth-order valence-electron chi connectivity index (χ4n) is 4.58. The van der Waals surface area contributed by atoms with Gasteiger partial charge in [-0.15, -0.1) is 0 Å². The van der Waals surface area contributed by atoms with Crippen molar-refractivity contribution in [2.45, 2.75) is 58.2 Å². The number of rotatable bonds is 4. The van der Waals surface area contributed by atoms with Crippen molar-refractivity contribution in [2.75, 3.05) is 13.1 Å². The summed E-state index contributed by atoms with van der Waals surface area (Å²) in [5, 5.41) is 4.16. The summed E-state index contributed by atoms with van der Waals surface area (Å²) in [5.74, 6) is 0.822. The molecule has 9 nitrogen and oxygen atoms in total. The molecule has 1 saturated heterocycles. The Morgan fingerprint density at radius 1 is 1.23 bits per heavy atom. The Morgan fingerprint density at radius 3 is 2.83 bits per heavy atom. The second-order valence-corrected chi connectivity index (χ2v) is 8.35. The molecule has 2 aromatic rings. The maximum Gasteiger partial charge on any atom is 0.272 e. The summed E-state index contributed by atoms with van der Waals surface area (Å²) >= 11 is 0. The Hall–Kier alpha value is -2.97. The Labute approximate surface area is 174 Å². The van der Waals surface area contributed by atoms with Gasteiger partial charge in [0.1, 0.15) is 11.5 Å². The number of likely N-dealkylation sites (tertiary alicyclic amines) is 1. The number of amides is 2. The number of carbonyl (C=O) groups excluding carboxylic acids is 2. The predicted octanol–water partition coefficient (Wildman–Crippen LogP) is 1.26. The van der Waals surface area contributed by atoms with Crippen LogP contribution in [0.25, 0.3) is 0 Å². The molecule has 30 heavy (non-hydrogen) atoms. The molecule has 2 aliphatic heterocycles. The number of aromatic nitrogens is 4. The lowest BCUT2D eigenvalue weighted by atomic mass is 10.1. The van der Waals surface area contributed by atoms with Crippen molar-refractivity contribution in [2.24, 2.45) is 5.92 Å². The molecule has 1 atom stereocenters. The van der Waals surface area contributed by atoms with Gasteiger partial charge in [-0.2, -0.15) is 5.10 Å². The Bertz CT molecular complexity index is 1050. The molecule has 2 aromatic heterocycles. The Kier molecular flexibility index (Phi) is 4.67. The van der Waals surface area contributed by atoms with Crippen LogP contribution in [-0.4, -0.2) is 54.5 Å². The monoisotopic (exact) mass is 410 g/mol. The number of fused-ring (bicyclic) bond motifs is 1. The van der Waals surface area contributed by atoms with Crippen molar-refractivity contribution in [3.05, 3.63) is 45.4 Å². The van der Waals surface area contributed by atoms with E-state index in [1.807, 2.05) is 11.8 Å². The Morgan fingerprint density at radius 2 is 2.07 bits per heavy atom. The zero-order chi connectivity index (χ0) is 20.8. The average molecular weight is 410 g/mol. The molecular weight excluding hydrogens is 384 g/mol. The van der Waals surface area contributed by atoms with Gasteiger partial charge in [-0.3, -0.25) is 19.1 Å². The van der Waals surface area contributed by atoms with Crippen molar-refractivity contribution in [3.8, 4) is 0 Å². The van der Waals surface area contributed by atoms with Gasteiger partial charge in [0.05, 0.1) is 23.8 Å². The summed E-state index contributed by atoms with van der Waals surface area (Å²) in [5.41, 5.74) is 1.61. The summed E-state index contributed by atoms with van der Waals surface area (Å²) in [6, 6.07) is 1.56. The van der Waals surface area contributed by atoms with Crippen LogP contribution in [0.4, 0.5) is 0 Å². The summed E-state index contributed by atoms with van der Waals surface area (Å²) in [6.07, 6.45) is 5.84. The van der Waals surface area contributed by atoms with E-state index in [0.29, 0.717) is 36.6 Å². The van der Waals surface area contributed by atoms with E-state index in [0.717, 1.165) is 37.9 Å². The highest BCUT2D eigenvalue weighted by atomic mass is 16.2. The number of nitrogens with one attached hydrogen (secondary N) is 1. The van der Waals surface area contributed by atoms with Crippen molar-refractivity contribution in [3.63, 3.8) is 0 Å². The van der Waals surface area contributed by atoms with Crippen LogP contribution in [0, 0.1) is 5.92 Å². The highest BCUT2D eigenvalue weighted by molar-refractivity contribution is 5.92. The second-order valence-electron chi connectivity index (χ2n) is 8.35. The van der Waals surface area contributed by atoms with Crippen LogP contribution < -0.4 is 5.56 Å². The molecule has 1 unspecified atom stereocenters. The van der Waals surface area contributed by atoms with E-state index in [1.54, 1.807) is 21.8 Å². The summed E-state index contributed by atoms with van der Waals surface area (Å²) in [4.78, 5) is 49.7. The molecule has 0 bridgehead atoms. The lowest BCUT2D eigenvalue weighted by molar-refractivity contribution is -0.133. The third-order valence-electron chi connectivity index (χ3n) is 6.39. The molecule has 1 saturated carbocycles. The normalized spacial score (nSPS) is 21.0. The molecule has 0 spiro atoms. The standard InChI is InChI=1S/C21H26N6O3/c1-2-27-17(7-9-22-27)21(30)25-11-8-15-14(12-25)19(28)24-18(23-15)16-4-3-10-26(16)20(29)13-5-6-13/h7,9,13,16H,2-6,8,10-12H2,1H3,(H,23,24,28). The van der Waals surface area contributed by atoms with E-state index in [1.165, 1.54) is 0 Å². The zero-order valence-corrected chi connectivity index (χ0v) is 17.1. The van der Waals surface area contributed by atoms with E-state index < -0.39 is 0 Å². The van der Waals surface area contributed by atoms with Crippen LogP contribution in [0.3, 0.4) is 0 Å². The van der Waals surface area contributed by atoms with E-state index in [4.69, 9.17) is 4.98 Å². The number of aryl methyl sites for hydroxylation is 1. The van der Waals surface area contributed by atoms with Crippen molar-refractivity contribution >= 4 is 11.8 Å². The predicted molar refractivity (Wildman–Crippen MR) is 108 cm³/mol. The van der Waals surface area contributed by atoms with E-state index in [-0.39, 0.29) is 35.9 Å². The quantitative estimate of drug-likeness (QED) is 0.817. The van der Waals surface area contributed by atoms with Crippen LogP contribution in [-0.2, 0) is 24.3 Å². The third kappa shape index (κ3) is 3.22. The Balaban J connectivity index is 1.38. The highest BCUT2D eigenvalue weighted by Crippen LogP contribution is 2.37. The number of nitrogens with zero attached hydrogens (tertiary/aromatic N) is 5. The van der Waals surface area contributed by atoms with Crippen LogP contribution >= 0.6 is 0 Å². The average Bonchev–Trinajstić information content (AvgIpc) is 3.30. The minimum absolute atomic E-state index is 0.125. The molecule has 2 fully saturated rings. The lowest BCUT2D eigenvalue weighted by Gasteiger charge is -2.29. The van der Waals surface area contributed by atoms with Crippen molar-refractivity contribution in [1.82, 2.24) is 29.5 Å². The zero-order valence-electron chi connectivity index (χ0n) is 17.1. The molecule has 158 valence electrons. The molecule has 1 N–H and O–H groups in total. The van der Waals surface area contributed by atoms with Gasteiger partial charge < -0.3 is 14.8 Å². The van der Waals surface area contributed by atoms with Crippen LogP contribution in [0.2, 0.25) is 0 Å². The number of hydrogen-bond acceptors (Lipinski definition) is 5. The molecule has 2 amide bonds. The summed E-state index contributed by atoms with van der Waals surface area (Å²) in [6.45, 7) is 4.02. The second kappa shape index (κ2) is 7.37. The molecule has 5 rings (SSSR count). The van der Waals surface area contributed by atoms with Gasteiger partial charge in [-0.25, -0.2) is 4.98 Å². The number of carbonyl (C=O) groups is 2. The topological polar surface area (TPSA) is 104 Å². The fourth-order valence-corrected chi connectivity index (χ4v) is 4.58. The maximum absolute atomic E-state index is 12.9. The number of H-pyrrole nitrogens is 1. The van der Waals surface area contributed by atoms with Crippen molar-refractivity contribution < 1.29 is 9.59 Å². The van der Waals surface area contributed by atoms with Crippen LogP contribution in [0.15, 0.2) is 17.1 Å². The van der Waals surface area contributed by atoms with Gasteiger partial charge in [-0.05, 0) is 38.7 Å². The van der Waals surface area contributed by atoms with Gasteiger partial charge >= 0.3 is 0 Å². The van der Waals surface area contributed by atoms with Gasteiger partial charge in [0.25, 0.3) is 11.5 Å². The van der Waals surface area contributed by atoms with Crippen molar-refractivity contribution in [1.29, 1.82) is 0 Å². The van der Waals surface area contributed by atoms with Gasteiger partial charge in [-0.1, -0.05) is 0 Å². The van der Waals surface area contributed by atoms with Crippen LogP contribution in [0.5, 0.6) is 0 Å². The maximum atomic E-state index is 12.9. The molecule has 3 aliphatic rings. The first-order valence-electron chi connectivity index (χ1n) is 10.8. The summed E-state index contributed by atoms with van der Waals surface area (Å²) < 4.78 is 1.66. The SMILES string of the molecule is CCn1nccc1C(=O)N1CCc2nc(C3CCCN3C(=O)C3CC3)[nH]c(=O)c2C1. The highest BCUT2D eigenvalue weighted by Gasteiger charge is 2.40. The van der Waals surface area contributed by atoms with Gasteiger partial charge in [0, 0.05) is 38.2 Å².